The number of carboxylic acids is 1. The van der Waals surface area contributed by atoms with Crippen LogP contribution in [0.3, 0.4) is 0 Å². The highest BCUT2D eigenvalue weighted by Gasteiger charge is 2.16. The van der Waals surface area contributed by atoms with Crippen LogP contribution in [-0.4, -0.2) is 28.9 Å². The largest absolute Gasteiger partial charge is 0.478 e. The van der Waals surface area contributed by atoms with E-state index in [1.54, 1.807) is 30.0 Å². The molecule has 0 amide bonds. The van der Waals surface area contributed by atoms with Gasteiger partial charge in [0.1, 0.15) is 5.50 Å². The molecule has 1 unspecified atom stereocenters. The number of para-hydroxylation sites is 1. The monoisotopic (exact) mass is 224 g/mol. The van der Waals surface area contributed by atoms with Crippen molar-refractivity contribution in [2.24, 2.45) is 0 Å². The topological polar surface area (TPSA) is 61.4 Å². The first-order valence-corrected chi connectivity index (χ1v) is 5.76. The van der Waals surface area contributed by atoms with Crippen LogP contribution in [0.1, 0.15) is 10.4 Å². The maximum atomic E-state index is 10.9. The van der Waals surface area contributed by atoms with Gasteiger partial charge in [-0.2, -0.15) is 0 Å². The van der Waals surface area contributed by atoms with Crippen LogP contribution < -0.4 is 10.6 Å². The van der Waals surface area contributed by atoms with E-state index < -0.39 is 5.97 Å². The Kier molecular flexibility index (Phi) is 3.13. The molecule has 0 spiro atoms. The fraction of sp³-hybridized carbons (Fsp3) is 0.300. The van der Waals surface area contributed by atoms with Crippen LogP contribution in [0.15, 0.2) is 24.3 Å². The molecule has 0 aromatic heterocycles. The van der Waals surface area contributed by atoms with Crippen molar-refractivity contribution in [3.63, 3.8) is 0 Å². The Morgan fingerprint density at radius 2 is 2.33 bits per heavy atom. The summed E-state index contributed by atoms with van der Waals surface area (Å²) in [5, 5.41) is 15.4. The van der Waals surface area contributed by atoms with Crippen molar-refractivity contribution in [3.05, 3.63) is 29.8 Å². The van der Waals surface area contributed by atoms with Crippen LogP contribution in [0.4, 0.5) is 5.69 Å². The van der Waals surface area contributed by atoms with Crippen molar-refractivity contribution in [1.82, 2.24) is 5.32 Å². The lowest BCUT2D eigenvalue weighted by Gasteiger charge is -2.15. The average molecular weight is 224 g/mol. The summed E-state index contributed by atoms with van der Waals surface area (Å²) >= 11 is 1.74. The summed E-state index contributed by atoms with van der Waals surface area (Å²) in [5.41, 5.74) is 1.09. The third kappa shape index (κ3) is 2.43. The number of carboxylic acid groups (broad SMARTS) is 1. The third-order valence-corrected chi connectivity index (χ3v) is 3.22. The van der Waals surface area contributed by atoms with Gasteiger partial charge in [0.2, 0.25) is 0 Å². The third-order valence-electron chi connectivity index (χ3n) is 2.16. The van der Waals surface area contributed by atoms with Gasteiger partial charge in [-0.25, -0.2) is 4.79 Å². The molecule has 1 aromatic carbocycles. The fourth-order valence-corrected chi connectivity index (χ4v) is 2.37. The minimum absolute atomic E-state index is 0.116. The number of aromatic carboxylic acids is 1. The maximum absolute atomic E-state index is 10.9. The van der Waals surface area contributed by atoms with Crippen molar-refractivity contribution in [2.45, 2.75) is 5.50 Å². The van der Waals surface area contributed by atoms with Gasteiger partial charge in [0.15, 0.2) is 0 Å². The molecule has 1 fully saturated rings. The number of hydrogen-bond acceptors (Lipinski definition) is 4. The number of anilines is 1. The molecule has 1 aliphatic rings. The molecular weight excluding hydrogens is 212 g/mol. The molecule has 1 heterocycles. The molecule has 0 aliphatic carbocycles. The molecule has 1 aromatic rings. The van der Waals surface area contributed by atoms with Crippen LogP contribution in [0.25, 0.3) is 0 Å². The van der Waals surface area contributed by atoms with E-state index in [9.17, 15) is 4.79 Å². The van der Waals surface area contributed by atoms with Gasteiger partial charge >= 0.3 is 5.97 Å². The second-order valence-corrected chi connectivity index (χ2v) is 4.41. The van der Waals surface area contributed by atoms with E-state index in [1.807, 2.05) is 6.07 Å². The summed E-state index contributed by atoms with van der Waals surface area (Å²) in [6, 6.07) is 6.94. The van der Waals surface area contributed by atoms with Crippen molar-refractivity contribution in [3.8, 4) is 0 Å². The van der Waals surface area contributed by atoms with Gasteiger partial charge in [-0.05, 0) is 12.1 Å². The molecule has 0 bridgehead atoms. The van der Waals surface area contributed by atoms with E-state index in [0.717, 1.165) is 12.3 Å². The van der Waals surface area contributed by atoms with Crippen molar-refractivity contribution >= 4 is 23.4 Å². The van der Waals surface area contributed by atoms with Gasteiger partial charge in [-0.15, -0.1) is 11.8 Å². The molecular formula is C10H12N2O2S. The van der Waals surface area contributed by atoms with E-state index in [1.165, 1.54) is 0 Å². The average Bonchev–Trinajstić information content (AvgIpc) is 2.71. The highest BCUT2D eigenvalue weighted by molar-refractivity contribution is 8.00. The van der Waals surface area contributed by atoms with Gasteiger partial charge in [0.05, 0.1) is 11.3 Å². The van der Waals surface area contributed by atoms with Crippen molar-refractivity contribution < 1.29 is 9.90 Å². The van der Waals surface area contributed by atoms with E-state index in [0.29, 0.717) is 11.3 Å². The molecule has 80 valence electrons. The number of rotatable bonds is 3. The molecule has 0 radical (unpaired) electrons. The number of benzene rings is 1. The molecule has 4 nitrogen and oxygen atoms in total. The lowest BCUT2D eigenvalue weighted by Crippen LogP contribution is -2.28. The summed E-state index contributed by atoms with van der Waals surface area (Å²) in [6.45, 7) is 0.956. The number of nitrogens with one attached hydrogen (secondary N) is 2. The predicted octanol–water partition coefficient (Wildman–Crippen LogP) is 1.42. The lowest BCUT2D eigenvalue weighted by atomic mass is 10.2. The molecule has 1 saturated heterocycles. The normalized spacial score (nSPS) is 20.1. The first-order chi connectivity index (χ1) is 7.27. The Hall–Kier alpha value is -1.20. The quantitative estimate of drug-likeness (QED) is 0.724. The standard InChI is InChI=1S/C10H12N2O2S/c13-9(14)7-3-1-2-4-8(7)12-10-11-5-6-15-10/h1-4,10-12H,5-6H2,(H,13,14). The molecule has 3 N–H and O–H groups in total. The summed E-state index contributed by atoms with van der Waals surface area (Å²) < 4.78 is 0. The fourth-order valence-electron chi connectivity index (χ4n) is 1.46. The van der Waals surface area contributed by atoms with Crippen LogP contribution in [0.2, 0.25) is 0 Å². The van der Waals surface area contributed by atoms with Crippen molar-refractivity contribution in [1.29, 1.82) is 0 Å². The van der Waals surface area contributed by atoms with E-state index in [-0.39, 0.29) is 5.50 Å². The van der Waals surface area contributed by atoms with Gasteiger partial charge < -0.3 is 10.4 Å². The first-order valence-electron chi connectivity index (χ1n) is 4.71. The van der Waals surface area contributed by atoms with E-state index in [2.05, 4.69) is 10.6 Å². The number of thioether (sulfide) groups is 1. The van der Waals surface area contributed by atoms with Gasteiger partial charge in [-0.1, -0.05) is 12.1 Å². The first kappa shape index (κ1) is 10.3. The molecule has 1 atom stereocenters. The second kappa shape index (κ2) is 4.55. The predicted molar refractivity (Wildman–Crippen MR) is 61.3 cm³/mol. The zero-order valence-corrected chi connectivity index (χ0v) is 8.88. The Morgan fingerprint density at radius 1 is 1.53 bits per heavy atom. The summed E-state index contributed by atoms with van der Waals surface area (Å²) in [5.74, 6) is 0.147. The number of carbonyl (C=O) groups is 1. The second-order valence-electron chi connectivity index (χ2n) is 3.20. The van der Waals surface area contributed by atoms with Gasteiger partial charge in [-0.3, -0.25) is 5.32 Å². The minimum atomic E-state index is -0.902. The summed E-state index contributed by atoms with van der Waals surface area (Å²) in [7, 11) is 0. The van der Waals surface area contributed by atoms with Crippen LogP contribution in [0.5, 0.6) is 0 Å². The lowest BCUT2D eigenvalue weighted by molar-refractivity contribution is 0.0698. The highest BCUT2D eigenvalue weighted by atomic mass is 32.2. The molecule has 1 aliphatic heterocycles. The van der Waals surface area contributed by atoms with E-state index >= 15 is 0 Å². The van der Waals surface area contributed by atoms with Gasteiger partial charge in [0, 0.05) is 12.3 Å². The number of hydrogen-bond donors (Lipinski definition) is 3. The summed E-state index contributed by atoms with van der Waals surface area (Å²) in [6.07, 6.45) is 0. The van der Waals surface area contributed by atoms with Gasteiger partial charge in [0.25, 0.3) is 0 Å². The zero-order valence-electron chi connectivity index (χ0n) is 8.06. The highest BCUT2D eigenvalue weighted by Crippen LogP contribution is 2.20. The smallest absolute Gasteiger partial charge is 0.337 e. The van der Waals surface area contributed by atoms with Crippen LogP contribution >= 0.6 is 11.8 Å². The Labute approximate surface area is 92.1 Å². The molecule has 15 heavy (non-hydrogen) atoms. The Balaban J connectivity index is 2.15. The minimum Gasteiger partial charge on any atom is -0.478 e. The Bertz CT molecular complexity index is 364. The van der Waals surface area contributed by atoms with E-state index in [4.69, 9.17) is 5.11 Å². The summed E-state index contributed by atoms with van der Waals surface area (Å²) in [4.78, 5) is 10.9. The molecule has 5 heteroatoms. The zero-order chi connectivity index (χ0) is 10.7. The maximum Gasteiger partial charge on any atom is 0.337 e. The van der Waals surface area contributed by atoms with Crippen LogP contribution in [0, 0.1) is 0 Å². The molecule has 0 saturated carbocycles. The van der Waals surface area contributed by atoms with Crippen LogP contribution in [-0.2, 0) is 0 Å². The SMILES string of the molecule is O=C(O)c1ccccc1NC1NCCS1. The Morgan fingerprint density at radius 3 is 3.00 bits per heavy atom. The molecule has 2 rings (SSSR count). The van der Waals surface area contributed by atoms with Crippen molar-refractivity contribution in [2.75, 3.05) is 17.6 Å².